The first kappa shape index (κ1) is 37.3. The van der Waals surface area contributed by atoms with Crippen LogP contribution in [0.5, 0.6) is 0 Å². The van der Waals surface area contributed by atoms with E-state index in [1.807, 2.05) is 37.3 Å². The Morgan fingerprint density at radius 3 is 2.41 bits per heavy atom. The van der Waals surface area contributed by atoms with Crippen LogP contribution in [0.2, 0.25) is 0 Å². The third-order valence-corrected chi connectivity index (χ3v) is 8.48. The van der Waals surface area contributed by atoms with Gasteiger partial charge in [-0.1, -0.05) is 75.6 Å². The summed E-state index contributed by atoms with van der Waals surface area (Å²) in [5, 5.41) is 6.73. The Morgan fingerprint density at radius 1 is 0.959 bits per heavy atom. The van der Waals surface area contributed by atoms with E-state index in [4.69, 9.17) is 18.7 Å². The number of nitrogens with one attached hydrogen (secondary N) is 2. The van der Waals surface area contributed by atoms with E-state index in [9.17, 15) is 19.2 Å². The molecule has 4 rings (SSSR count). The molecule has 3 aromatic rings. The van der Waals surface area contributed by atoms with Gasteiger partial charge in [0.25, 0.3) is 5.91 Å². The van der Waals surface area contributed by atoms with Crippen molar-refractivity contribution >= 4 is 24.2 Å². The van der Waals surface area contributed by atoms with Gasteiger partial charge in [0.2, 0.25) is 12.3 Å². The van der Waals surface area contributed by atoms with Gasteiger partial charge >= 0.3 is 5.97 Å². The summed E-state index contributed by atoms with van der Waals surface area (Å²) in [7, 11) is 0. The molecule has 0 saturated carbocycles. The lowest BCUT2D eigenvalue weighted by atomic mass is 9.90. The number of hydrogen-bond donors (Lipinski definition) is 2. The molecule has 0 spiro atoms. The summed E-state index contributed by atoms with van der Waals surface area (Å²) in [4.78, 5) is 58.9. The number of nitrogens with zero attached hydrogens (tertiary/aromatic N) is 2. The zero-order valence-corrected chi connectivity index (χ0v) is 28.4. The fraction of sp³-hybridized carbons (Fsp3) is 0.459. The zero-order chi connectivity index (χ0) is 34.8. The fourth-order valence-electron chi connectivity index (χ4n) is 5.67. The van der Waals surface area contributed by atoms with Gasteiger partial charge in [-0.15, -0.1) is 0 Å². The quantitative estimate of drug-likeness (QED) is 0.0568. The molecule has 12 nitrogen and oxygen atoms in total. The van der Waals surface area contributed by atoms with Crippen molar-refractivity contribution in [3.8, 4) is 11.3 Å². The molecule has 1 aromatic heterocycles. The standard InChI is InChI=1S/C37H48N4O8/c1-3-5-7-12-31(32(4-2)41(27-42)48-25-28-10-8-6-9-11-28)35(43)38-26-39-36(44)34-18-17-33(49-34)29-13-15-30(16-14-29)37(45)47-24-21-40-19-22-46-23-20-40/h6,8-11,13-18,27,31-32H,3-5,7,12,19-26H2,1-2H3,(H,38,43)(H,39,44)/t31-,32-/m1/s1. The Bertz CT molecular complexity index is 1460. The van der Waals surface area contributed by atoms with Crippen LogP contribution in [0.3, 0.4) is 0 Å². The van der Waals surface area contributed by atoms with E-state index in [2.05, 4.69) is 22.5 Å². The molecule has 2 atom stereocenters. The van der Waals surface area contributed by atoms with Crippen LogP contribution >= 0.6 is 0 Å². The van der Waals surface area contributed by atoms with Gasteiger partial charge in [0.05, 0.1) is 37.4 Å². The number of rotatable bonds is 20. The molecule has 2 N–H and O–H groups in total. The lowest BCUT2D eigenvalue weighted by molar-refractivity contribution is -0.200. The lowest BCUT2D eigenvalue weighted by Crippen LogP contribution is -2.48. The Hall–Kier alpha value is -4.52. The van der Waals surface area contributed by atoms with Crippen LogP contribution in [0.1, 0.15) is 72.4 Å². The Kier molecular flexibility index (Phi) is 15.3. The van der Waals surface area contributed by atoms with Crippen LogP contribution in [-0.4, -0.2) is 86.3 Å². The molecule has 0 aliphatic carbocycles. The van der Waals surface area contributed by atoms with Gasteiger partial charge in [-0.05, 0) is 42.7 Å². The van der Waals surface area contributed by atoms with Gasteiger partial charge in [-0.25, -0.2) is 9.86 Å². The maximum Gasteiger partial charge on any atom is 0.338 e. The normalized spacial score (nSPS) is 14.4. The molecule has 0 unspecified atom stereocenters. The van der Waals surface area contributed by atoms with Crippen LogP contribution in [0, 0.1) is 5.92 Å². The number of morpholine rings is 1. The lowest BCUT2D eigenvalue weighted by Gasteiger charge is -2.32. The van der Waals surface area contributed by atoms with Gasteiger partial charge in [0.15, 0.2) is 5.76 Å². The highest BCUT2D eigenvalue weighted by Gasteiger charge is 2.32. The minimum absolute atomic E-state index is 0.0724. The van der Waals surface area contributed by atoms with Gasteiger partial charge in [0, 0.05) is 25.2 Å². The first-order valence-corrected chi connectivity index (χ1v) is 17.1. The second-order valence-electron chi connectivity index (χ2n) is 11.9. The minimum Gasteiger partial charge on any atom is -0.461 e. The van der Waals surface area contributed by atoms with Crippen LogP contribution in [0.4, 0.5) is 0 Å². The predicted molar refractivity (Wildman–Crippen MR) is 183 cm³/mol. The summed E-state index contributed by atoms with van der Waals surface area (Å²) in [6, 6.07) is 19.0. The maximum absolute atomic E-state index is 13.4. The molecule has 1 aliphatic rings. The number of hydroxylamine groups is 2. The average Bonchev–Trinajstić information content (AvgIpc) is 3.64. The third kappa shape index (κ3) is 11.6. The smallest absolute Gasteiger partial charge is 0.338 e. The molecule has 1 aliphatic heterocycles. The van der Waals surface area contributed by atoms with Gasteiger partial charge < -0.3 is 24.5 Å². The molecule has 1 fully saturated rings. The van der Waals surface area contributed by atoms with E-state index >= 15 is 0 Å². The van der Waals surface area contributed by atoms with Crippen LogP contribution in [0.15, 0.2) is 71.1 Å². The average molecular weight is 677 g/mol. The molecule has 12 heteroatoms. The molecular formula is C37H48N4O8. The van der Waals surface area contributed by atoms with Crippen molar-refractivity contribution in [1.82, 2.24) is 20.6 Å². The number of esters is 1. The molecular weight excluding hydrogens is 628 g/mol. The number of amides is 3. The monoisotopic (exact) mass is 676 g/mol. The van der Waals surface area contributed by atoms with Crippen LogP contribution in [-0.2, 0) is 30.5 Å². The topological polar surface area (TPSA) is 140 Å². The van der Waals surface area contributed by atoms with E-state index < -0.39 is 23.8 Å². The van der Waals surface area contributed by atoms with Crippen LogP contribution in [0.25, 0.3) is 11.3 Å². The van der Waals surface area contributed by atoms with Crippen LogP contribution < -0.4 is 10.6 Å². The van der Waals surface area contributed by atoms with Crippen molar-refractivity contribution in [2.24, 2.45) is 5.92 Å². The number of furan rings is 1. The molecule has 1 saturated heterocycles. The number of hydrogen-bond acceptors (Lipinski definition) is 9. The molecule has 264 valence electrons. The number of carbonyl (C=O) groups excluding carboxylic acids is 4. The summed E-state index contributed by atoms with van der Waals surface area (Å²) in [5.74, 6) is -1.19. The van der Waals surface area contributed by atoms with Crippen molar-refractivity contribution < 1.29 is 37.9 Å². The van der Waals surface area contributed by atoms with E-state index in [1.54, 1.807) is 36.4 Å². The Morgan fingerprint density at radius 2 is 1.71 bits per heavy atom. The SMILES string of the molecule is CCCCC[C@@H](C(=O)NCNC(=O)c1ccc(-c2ccc(C(=O)OCCN3CCOCC3)cc2)o1)[C@@H](CC)N(C=O)OCc1ccccc1. The summed E-state index contributed by atoms with van der Waals surface area (Å²) in [6.07, 6.45) is 4.45. The molecule has 49 heavy (non-hydrogen) atoms. The number of carbonyl (C=O) groups is 4. The molecule has 3 amide bonds. The van der Waals surface area contributed by atoms with Crippen molar-refractivity contribution in [1.29, 1.82) is 0 Å². The highest BCUT2D eigenvalue weighted by Crippen LogP contribution is 2.24. The first-order valence-electron chi connectivity index (χ1n) is 17.1. The maximum atomic E-state index is 13.4. The number of benzene rings is 2. The van der Waals surface area contributed by atoms with Crippen molar-refractivity contribution in [2.75, 3.05) is 46.1 Å². The number of unbranched alkanes of at least 4 members (excludes halogenated alkanes) is 2. The summed E-state index contributed by atoms with van der Waals surface area (Å²) < 4.78 is 16.5. The number of ether oxygens (including phenoxy) is 2. The van der Waals surface area contributed by atoms with Crippen molar-refractivity contribution in [3.05, 3.63) is 83.6 Å². The summed E-state index contributed by atoms with van der Waals surface area (Å²) in [6.45, 7) is 8.08. The molecule has 0 radical (unpaired) electrons. The minimum atomic E-state index is -0.533. The zero-order valence-electron chi connectivity index (χ0n) is 28.4. The Balaban J connectivity index is 1.27. The van der Waals surface area contributed by atoms with E-state index in [0.717, 1.165) is 37.9 Å². The highest BCUT2D eigenvalue weighted by atomic mass is 16.7. The second kappa shape index (κ2) is 20.1. The van der Waals surface area contributed by atoms with E-state index in [1.165, 1.54) is 5.06 Å². The predicted octanol–water partition coefficient (Wildman–Crippen LogP) is 4.80. The summed E-state index contributed by atoms with van der Waals surface area (Å²) in [5.41, 5.74) is 2.02. The molecule has 0 bridgehead atoms. The third-order valence-electron chi connectivity index (χ3n) is 8.48. The van der Waals surface area contributed by atoms with Gasteiger partial charge in [0.1, 0.15) is 19.0 Å². The summed E-state index contributed by atoms with van der Waals surface area (Å²) >= 11 is 0. The highest BCUT2D eigenvalue weighted by molar-refractivity contribution is 5.92. The van der Waals surface area contributed by atoms with Gasteiger partial charge in [-0.3, -0.25) is 24.1 Å². The first-order chi connectivity index (χ1) is 23.9. The van der Waals surface area contributed by atoms with Crippen molar-refractivity contribution in [3.63, 3.8) is 0 Å². The largest absolute Gasteiger partial charge is 0.461 e. The van der Waals surface area contributed by atoms with Crippen molar-refractivity contribution in [2.45, 2.75) is 58.6 Å². The van der Waals surface area contributed by atoms with E-state index in [-0.39, 0.29) is 24.9 Å². The fourth-order valence-corrected chi connectivity index (χ4v) is 5.67. The Labute approximate surface area is 288 Å². The van der Waals surface area contributed by atoms with E-state index in [0.29, 0.717) is 62.5 Å². The molecule has 2 heterocycles. The van der Waals surface area contributed by atoms with Gasteiger partial charge in [-0.2, -0.15) is 0 Å². The molecule has 2 aromatic carbocycles. The second-order valence-corrected chi connectivity index (χ2v) is 11.9.